The van der Waals surface area contributed by atoms with Crippen LogP contribution in [-0.2, 0) is 11.3 Å². The number of primary amides is 1. The number of hydrogen-bond donors (Lipinski definition) is 3. The van der Waals surface area contributed by atoms with Crippen molar-refractivity contribution in [2.75, 3.05) is 18.9 Å². The van der Waals surface area contributed by atoms with Crippen molar-refractivity contribution >= 4 is 33.4 Å². The number of hydrogen-bond acceptors (Lipinski definition) is 2. The van der Waals surface area contributed by atoms with Gasteiger partial charge in [0.1, 0.15) is 6.54 Å². The van der Waals surface area contributed by atoms with Gasteiger partial charge in [-0.25, -0.2) is 0 Å². The van der Waals surface area contributed by atoms with Crippen LogP contribution < -0.4 is 16.0 Å². The average molecular weight is 377 g/mol. The highest BCUT2D eigenvalue weighted by molar-refractivity contribution is 9.10. The van der Waals surface area contributed by atoms with Gasteiger partial charge in [-0.05, 0) is 36.4 Å². The number of likely N-dealkylation sites (N-methyl/N-ethyl adjacent to an activating group) is 1. The Labute approximate surface area is 143 Å². The first-order valence-corrected chi connectivity index (χ1v) is 7.99. The largest absolute Gasteiger partial charge is 0.366 e. The van der Waals surface area contributed by atoms with Crippen LogP contribution in [0, 0.1) is 0 Å². The maximum Gasteiger partial charge on any atom is 0.279 e. The first-order valence-electron chi connectivity index (χ1n) is 7.19. The molecule has 0 saturated heterocycles. The van der Waals surface area contributed by atoms with Crippen LogP contribution in [0.25, 0.3) is 0 Å². The van der Waals surface area contributed by atoms with Gasteiger partial charge in [0.2, 0.25) is 5.91 Å². The summed E-state index contributed by atoms with van der Waals surface area (Å²) in [6.07, 6.45) is 0. The third-order valence-corrected chi connectivity index (χ3v) is 3.86. The van der Waals surface area contributed by atoms with Gasteiger partial charge in [-0.1, -0.05) is 28.1 Å². The molecule has 0 radical (unpaired) electrons. The summed E-state index contributed by atoms with van der Waals surface area (Å²) in [5.41, 5.74) is 7.42. The van der Waals surface area contributed by atoms with E-state index in [9.17, 15) is 9.59 Å². The SMILES string of the molecule is C[NH+](CC(=O)Nc1ccc(C(N)=O)cc1)Cc1ccc(Br)cc1. The van der Waals surface area contributed by atoms with Gasteiger partial charge in [0.15, 0.2) is 6.54 Å². The van der Waals surface area contributed by atoms with Crippen molar-refractivity contribution in [2.24, 2.45) is 5.73 Å². The highest BCUT2D eigenvalue weighted by atomic mass is 79.9. The zero-order valence-electron chi connectivity index (χ0n) is 12.8. The minimum atomic E-state index is -0.485. The molecule has 0 aliphatic rings. The lowest BCUT2D eigenvalue weighted by Crippen LogP contribution is -3.08. The van der Waals surface area contributed by atoms with Gasteiger partial charge in [-0.2, -0.15) is 0 Å². The molecular weight excluding hydrogens is 358 g/mol. The highest BCUT2D eigenvalue weighted by Gasteiger charge is 2.11. The fourth-order valence-corrected chi connectivity index (χ4v) is 2.47. The van der Waals surface area contributed by atoms with E-state index in [2.05, 4.69) is 21.2 Å². The Morgan fingerprint density at radius 3 is 2.26 bits per heavy atom. The van der Waals surface area contributed by atoms with E-state index in [0.717, 1.165) is 15.9 Å². The van der Waals surface area contributed by atoms with Crippen LogP contribution in [0.3, 0.4) is 0 Å². The number of carbonyl (C=O) groups is 2. The Bertz CT molecular complexity index is 684. The third kappa shape index (κ3) is 5.50. The molecule has 0 aromatic heterocycles. The van der Waals surface area contributed by atoms with Crippen molar-refractivity contribution in [2.45, 2.75) is 6.54 Å². The van der Waals surface area contributed by atoms with E-state index in [1.807, 2.05) is 31.3 Å². The van der Waals surface area contributed by atoms with Gasteiger partial charge >= 0.3 is 0 Å². The van der Waals surface area contributed by atoms with E-state index in [-0.39, 0.29) is 5.91 Å². The summed E-state index contributed by atoms with van der Waals surface area (Å²) in [6, 6.07) is 14.6. The summed E-state index contributed by atoms with van der Waals surface area (Å²) < 4.78 is 1.04. The minimum Gasteiger partial charge on any atom is -0.366 e. The van der Waals surface area contributed by atoms with E-state index >= 15 is 0 Å². The number of quaternary nitrogens is 1. The Balaban J connectivity index is 1.86. The van der Waals surface area contributed by atoms with E-state index in [4.69, 9.17) is 5.73 Å². The molecule has 0 fully saturated rings. The molecule has 4 N–H and O–H groups in total. The molecule has 2 amide bonds. The number of halogens is 1. The summed E-state index contributed by atoms with van der Waals surface area (Å²) in [6.45, 7) is 1.12. The second kappa shape index (κ2) is 7.89. The van der Waals surface area contributed by atoms with Crippen LogP contribution >= 0.6 is 15.9 Å². The van der Waals surface area contributed by atoms with Crippen molar-refractivity contribution in [1.82, 2.24) is 0 Å². The molecular formula is C17H19BrN3O2+. The molecule has 0 aliphatic carbocycles. The lowest BCUT2D eigenvalue weighted by molar-refractivity contribution is -0.885. The van der Waals surface area contributed by atoms with Crippen molar-refractivity contribution < 1.29 is 14.5 Å². The predicted octanol–water partition coefficient (Wildman–Crippen LogP) is 1.20. The van der Waals surface area contributed by atoms with Crippen LogP contribution in [0.4, 0.5) is 5.69 Å². The molecule has 23 heavy (non-hydrogen) atoms. The number of anilines is 1. The van der Waals surface area contributed by atoms with Crippen molar-refractivity contribution in [3.63, 3.8) is 0 Å². The molecule has 120 valence electrons. The van der Waals surface area contributed by atoms with Crippen molar-refractivity contribution in [3.05, 3.63) is 64.1 Å². The molecule has 1 atom stereocenters. The van der Waals surface area contributed by atoms with E-state index in [1.165, 1.54) is 5.56 Å². The van der Waals surface area contributed by atoms with E-state index < -0.39 is 5.91 Å². The van der Waals surface area contributed by atoms with Gasteiger partial charge in [0.25, 0.3) is 5.91 Å². The second-order valence-corrected chi connectivity index (χ2v) is 6.34. The predicted molar refractivity (Wildman–Crippen MR) is 93.2 cm³/mol. The number of nitrogens with one attached hydrogen (secondary N) is 2. The molecule has 2 aromatic carbocycles. The fourth-order valence-electron chi connectivity index (χ4n) is 2.21. The average Bonchev–Trinajstić information content (AvgIpc) is 2.50. The fraction of sp³-hybridized carbons (Fsp3) is 0.176. The van der Waals surface area contributed by atoms with Gasteiger partial charge in [0.05, 0.1) is 7.05 Å². The third-order valence-electron chi connectivity index (χ3n) is 3.33. The first kappa shape index (κ1) is 17.2. The highest BCUT2D eigenvalue weighted by Crippen LogP contribution is 2.10. The first-order chi connectivity index (χ1) is 10.9. The quantitative estimate of drug-likeness (QED) is 0.708. The van der Waals surface area contributed by atoms with E-state index in [1.54, 1.807) is 24.3 Å². The summed E-state index contributed by atoms with van der Waals surface area (Å²) >= 11 is 3.40. The number of benzene rings is 2. The Kier molecular flexibility index (Phi) is 5.90. The van der Waals surface area contributed by atoms with Crippen molar-refractivity contribution in [3.8, 4) is 0 Å². The van der Waals surface area contributed by atoms with Gasteiger partial charge in [0, 0.05) is 21.3 Å². The zero-order valence-corrected chi connectivity index (χ0v) is 14.4. The molecule has 6 heteroatoms. The van der Waals surface area contributed by atoms with Gasteiger partial charge in [-0.15, -0.1) is 0 Å². The number of nitrogens with two attached hydrogens (primary N) is 1. The maximum absolute atomic E-state index is 12.1. The van der Waals surface area contributed by atoms with Crippen molar-refractivity contribution in [1.29, 1.82) is 0 Å². The van der Waals surface area contributed by atoms with Crippen LogP contribution in [0.15, 0.2) is 53.0 Å². The van der Waals surface area contributed by atoms with Crippen LogP contribution in [0.2, 0.25) is 0 Å². The van der Waals surface area contributed by atoms with Gasteiger partial charge in [-0.3, -0.25) is 9.59 Å². The Morgan fingerprint density at radius 2 is 1.70 bits per heavy atom. The summed E-state index contributed by atoms with van der Waals surface area (Å²) in [4.78, 5) is 24.1. The maximum atomic E-state index is 12.1. The Morgan fingerprint density at radius 1 is 1.09 bits per heavy atom. The minimum absolute atomic E-state index is 0.0774. The smallest absolute Gasteiger partial charge is 0.279 e. The second-order valence-electron chi connectivity index (χ2n) is 5.43. The standard InChI is InChI=1S/C17H18BrN3O2/c1-21(10-12-2-6-14(18)7-3-12)11-16(22)20-15-8-4-13(5-9-15)17(19)23/h2-9H,10-11H2,1H3,(H2,19,23)(H,20,22)/p+1. The lowest BCUT2D eigenvalue weighted by atomic mass is 10.2. The summed E-state index contributed by atoms with van der Waals surface area (Å²) in [5, 5.41) is 2.81. The monoisotopic (exact) mass is 376 g/mol. The lowest BCUT2D eigenvalue weighted by Gasteiger charge is -2.14. The molecule has 2 rings (SSSR count). The molecule has 1 unspecified atom stereocenters. The zero-order chi connectivity index (χ0) is 16.8. The van der Waals surface area contributed by atoms with Crippen LogP contribution in [0.5, 0.6) is 0 Å². The molecule has 5 nitrogen and oxygen atoms in total. The molecule has 0 bridgehead atoms. The normalized spacial score (nSPS) is 11.7. The van der Waals surface area contributed by atoms with Crippen LogP contribution in [0.1, 0.15) is 15.9 Å². The number of rotatable bonds is 6. The molecule has 0 heterocycles. The van der Waals surface area contributed by atoms with Gasteiger partial charge < -0.3 is 16.0 Å². The van der Waals surface area contributed by atoms with E-state index in [0.29, 0.717) is 17.8 Å². The molecule has 2 aromatic rings. The molecule has 0 spiro atoms. The molecule has 0 saturated carbocycles. The number of amides is 2. The number of carbonyl (C=O) groups excluding carboxylic acids is 2. The summed E-state index contributed by atoms with van der Waals surface area (Å²) in [7, 11) is 1.97. The topological polar surface area (TPSA) is 76.6 Å². The summed E-state index contributed by atoms with van der Waals surface area (Å²) in [5.74, 6) is -0.562. The Hall–Kier alpha value is -2.18. The van der Waals surface area contributed by atoms with Crippen LogP contribution in [-0.4, -0.2) is 25.4 Å². The molecule has 0 aliphatic heterocycles.